The van der Waals surface area contributed by atoms with Gasteiger partial charge in [-0.2, -0.15) is 0 Å². The molecule has 0 aliphatic heterocycles. The number of carbonyl (C=O) groups excluding carboxylic acids is 1. The van der Waals surface area contributed by atoms with Crippen LogP contribution < -0.4 is 11.1 Å². The average Bonchev–Trinajstić information content (AvgIpc) is 3.03. The van der Waals surface area contributed by atoms with Gasteiger partial charge >= 0.3 is 0 Å². The summed E-state index contributed by atoms with van der Waals surface area (Å²) in [6.07, 6.45) is 0. The minimum Gasteiger partial charge on any atom is -0.451 e. The molecule has 0 unspecified atom stereocenters. The third-order valence-corrected chi connectivity index (χ3v) is 4.28. The predicted molar refractivity (Wildman–Crippen MR) is 97.7 cm³/mol. The van der Waals surface area contributed by atoms with Crippen LogP contribution in [0.1, 0.15) is 16.1 Å². The fourth-order valence-electron chi connectivity index (χ4n) is 2.26. The Labute approximate surface area is 149 Å². The van der Waals surface area contributed by atoms with Gasteiger partial charge in [0.25, 0.3) is 5.91 Å². The Bertz CT molecular complexity index is 919. The molecule has 3 N–H and O–H groups in total. The lowest BCUT2D eigenvalue weighted by molar-refractivity contribution is 0.0997. The minimum atomic E-state index is -0.417. The van der Waals surface area contributed by atoms with Crippen LogP contribution in [0.5, 0.6) is 0 Å². The van der Waals surface area contributed by atoms with E-state index in [-0.39, 0.29) is 5.76 Å². The highest BCUT2D eigenvalue weighted by Gasteiger charge is 2.15. The summed E-state index contributed by atoms with van der Waals surface area (Å²) < 4.78 is 5.61. The second-order valence-corrected chi connectivity index (χ2v) is 6.10. The van der Waals surface area contributed by atoms with Crippen LogP contribution in [-0.4, -0.2) is 5.91 Å². The standard InChI is InChI=1S/C18H14Cl2N2O2/c1-10-8-14(21)15(9-13(10)20)22-18(23)17-7-6-16(24-17)11-4-2-3-5-12(11)19/h2-9H,21H2,1H3,(H,22,23). The molecule has 0 saturated heterocycles. The van der Waals surface area contributed by atoms with E-state index in [4.69, 9.17) is 33.4 Å². The number of rotatable bonds is 3. The Morgan fingerprint density at radius 3 is 2.58 bits per heavy atom. The zero-order valence-corrected chi connectivity index (χ0v) is 14.3. The Hall–Kier alpha value is -2.43. The zero-order chi connectivity index (χ0) is 17.3. The predicted octanol–water partition coefficient (Wildman–Crippen LogP) is 5.40. The number of nitrogens with two attached hydrogens (primary N) is 1. The molecule has 0 spiro atoms. The molecule has 0 atom stereocenters. The van der Waals surface area contributed by atoms with E-state index in [9.17, 15) is 4.79 Å². The van der Waals surface area contributed by atoms with Gasteiger partial charge in [-0.05, 0) is 48.9 Å². The van der Waals surface area contributed by atoms with Crippen molar-refractivity contribution in [1.82, 2.24) is 0 Å². The van der Waals surface area contributed by atoms with Crippen molar-refractivity contribution in [3.05, 3.63) is 69.9 Å². The number of anilines is 2. The first-order valence-electron chi connectivity index (χ1n) is 7.17. The molecule has 3 aromatic rings. The molecule has 24 heavy (non-hydrogen) atoms. The van der Waals surface area contributed by atoms with Gasteiger partial charge in [0.05, 0.1) is 16.4 Å². The highest BCUT2D eigenvalue weighted by molar-refractivity contribution is 6.33. The molecule has 1 aromatic heterocycles. The number of furan rings is 1. The molecule has 0 fully saturated rings. The second kappa shape index (κ2) is 6.59. The van der Waals surface area contributed by atoms with E-state index < -0.39 is 5.91 Å². The summed E-state index contributed by atoms with van der Waals surface area (Å²) in [6.45, 7) is 1.84. The summed E-state index contributed by atoms with van der Waals surface area (Å²) in [5.74, 6) is 0.251. The number of carbonyl (C=O) groups is 1. The van der Waals surface area contributed by atoms with E-state index >= 15 is 0 Å². The Balaban J connectivity index is 1.85. The molecule has 0 aliphatic rings. The van der Waals surface area contributed by atoms with Crippen LogP contribution in [0, 0.1) is 6.92 Å². The second-order valence-electron chi connectivity index (χ2n) is 5.29. The normalized spacial score (nSPS) is 10.6. The van der Waals surface area contributed by atoms with Gasteiger partial charge < -0.3 is 15.5 Å². The number of nitrogen functional groups attached to an aromatic ring is 1. The van der Waals surface area contributed by atoms with Crippen molar-refractivity contribution in [3.8, 4) is 11.3 Å². The van der Waals surface area contributed by atoms with Gasteiger partial charge in [0.1, 0.15) is 5.76 Å². The fourth-order valence-corrected chi connectivity index (χ4v) is 2.65. The van der Waals surface area contributed by atoms with E-state index in [1.165, 1.54) is 0 Å². The van der Waals surface area contributed by atoms with E-state index in [0.717, 1.165) is 11.1 Å². The van der Waals surface area contributed by atoms with Gasteiger partial charge in [-0.15, -0.1) is 0 Å². The molecule has 4 nitrogen and oxygen atoms in total. The van der Waals surface area contributed by atoms with Gasteiger partial charge in [0.15, 0.2) is 5.76 Å². The summed E-state index contributed by atoms with van der Waals surface area (Å²) in [5, 5.41) is 3.77. The zero-order valence-electron chi connectivity index (χ0n) is 12.8. The number of benzene rings is 2. The molecular formula is C18H14Cl2N2O2. The maximum absolute atomic E-state index is 12.4. The van der Waals surface area contributed by atoms with E-state index in [1.54, 1.807) is 30.3 Å². The Morgan fingerprint density at radius 2 is 1.83 bits per heavy atom. The summed E-state index contributed by atoms with van der Waals surface area (Å²) in [5.41, 5.74) is 8.34. The van der Waals surface area contributed by atoms with E-state index in [2.05, 4.69) is 5.32 Å². The van der Waals surface area contributed by atoms with E-state index in [0.29, 0.717) is 27.2 Å². The summed E-state index contributed by atoms with van der Waals surface area (Å²) >= 11 is 12.2. The fraction of sp³-hybridized carbons (Fsp3) is 0.0556. The van der Waals surface area contributed by atoms with Crippen LogP contribution in [0.15, 0.2) is 52.9 Å². The van der Waals surface area contributed by atoms with Crippen molar-refractivity contribution >= 4 is 40.5 Å². The van der Waals surface area contributed by atoms with Gasteiger partial charge in [0, 0.05) is 10.6 Å². The first-order chi connectivity index (χ1) is 11.5. The maximum Gasteiger partial charge on any atom is 0.291 e. The van der Waals surface area contributed by atoms with Gasteiger partial charge in [-0.25, -0.2) is 0 Å². The molecule has 1 amide bonds. The maximum atomic E-state index is 12.4. The van der Waals surface area contributed by atoms with Crippen molar-refractivity contribution in [2.75, 3.05) is 11.1 Å². The van der Waals surface area contributed by atoms with Crippen LogP contribution in [0.2, 0.25) is 10.0 Å². The number of hydrogen-bond donors (Lipinski definition) is 2. The average molecular weight is 361 g/mol. The van der Waals surface area contributed by atoms with Crippen LogP contribution in [-0.2, 0) is 0 Å². The summed E-state index contributed by atoms with van der Waals surface area (Å²) in [6, 6.07) is 13.8. The third kappa shape index (κ3) is 3.25. The molecule has 6 heteroatoms. The highest BCUT2D eigenvalue weighted by Crippen LogP contribution is 2.30. The quantitative estimate of drug-likeness (QED) is 0.614. The molecule has 122 valence electrons. The van der Waals surface area contributed by atoms with Gasteiger partial charge in [-0.3, -0.25) is 4.79 Å². The summed E-state index contributed by atoms with van der Waals surface area (Å²) in [7, 11) is 0. The van der Waals surface area contributed by atoms with Crippen molar-refractivity contribution in [2.45, 2.75) is 6.92 Å². The molecule has 0 saturated carbocycles. The third-order valence-electron chi connectivity index (χ3n) is 3.55. The number of aryl methyl sites for hydroxylation is 1. The first kappa shape index (κ1) is 16.4. The monoisotopic (exact) mass is 360 g/mol. The molecular weight excluding hydrogens is 347 g/mol. The number of halogens is 2. The molecule has 3 rings (SSSR count). The molecule has 0 aliphatic carbocycles. The van der Waals surface area contributed by atoms with Gasteiger partial charge in [0.2, 0.25) is 0 Å². The lowest BCUT2D eigenvalue weighted by Gasteiger charge is -2.09. The lowest BCUT2D eigenvalue weighted by Crippen LogP contribution is -2.12. The number of nitrogens with one attached hydrogen (secondary N) is 1. The molecule has 2 aromatic carbocycles. The van der Waals surface area contributed by atoms with Crippen LogP contribution in [0.3, 0.4) is 0 Å². The van der Waals surface area contributed by atoms with Crippen molar-refractivity contribution in [3.63, 3.8) is 0 Å². The summed E-state index contributed by atoms with van der Waals surface area (Å²) in [4.78, 5) is 12.4. The van der Waals surface area contributed by atoms with Crippen molar-refractivity contribution < 1.29 is 9.21 Å². The van der Waals surface area contributed by atoms with Crippen LogP contribution >= 0.6 is 23.2 Å². The largest absolute Gasteiger partial charge is 0.451 e. The number of amides is 1. The Morgan fingerprint density at radius 1 is 1.08 bits per heavy atom. The molecule has 0 radical (unpaired) electrons. The molecule has 1 heterocycles. The Kier molecular flexibility index (Phi) is 4.51. The smallest absolute Gasteiger partial charge is 0.291 e. The molecule has 0 bridgehead atoms. The first-order valence-corrected chi connectivity index (χ1v) is 7.93. The number of hydrogen-bond acceptors (Lipinski definition) is 3. The topological polar surface area (TPSA) is 68.3 Å². The van der Waals surface area contributed by atoms with Crippen molar-refractivity contribution in [1.29, 1.82) is 0 Å². The lowest BCUT2D eigenvalue weighted by atomic mass is 10.2. The van der Waals surface area contributed by atoms with Crippen LogP contribution in [0.25, 0.3) is 11.3 Å². The van der Waals surface area contributed by atoms with Crippen molar-refractivity contribution in [2.24, 2.45) is 0 Å². The minimum absolute atomic E-state index is 0.154. The highest BCUT2D eigenvalue weighted by atomic mass is 35.5. The van der Waals surface area contributed by atoms with Crippen LogP contribution in [0.4, 0.5) is 11.4 Å². The van der Waals surface area contributed by atoms with Gasteiger partial charge in [-0.1, -0.05) is 35.3 Å². The SMILES string of the molecule is Cc1cc(N)c(NC(=O)c2ccc(-c3ccccc3Cl)o2)cc1Cl. The van der Waals surface area contributed by atoms with E-state index in [1.807, 2.05) is 25.1 Å².